The Kier molecular flexibility index (Phi) is 4.52. The van der Waals surface area contributed by atoms with Crippen LogP contribution in [-0.4, -0.2) is 0 Å². The molecule has 2 aliphatic rings. The number of hydrogen-bond donors (Lipinski definition) is 1. The van der Waals surface area contributed by atoms with Crippen LogP contribution < -0.4 is 5.73 Å². The van der Waals surface area contributed by atoms with Gasteiger partial charge in [-0.15, -0.1) is 0 Å². The number of rotatable bonds is 2. The van der Waals surface area contributed by atoms with E-state index in [1.165, 1.54) is 67.0 Å². The lowest BCUT2D eigenvalue weighted by Gasteiger charge is -2.34. The standard InChI is InChI=1S/C18H26BrN/c19-17-13-15(18(20)11-5-2-6-12-18)9-10-16(17)14-7-3-1-4-8-14/h9-10,13-14H,1-8,11-12,20H2. The third kappa shape index (κ3) is 2.96. The predicted molar refractivity (Wildman–Crippen MR) is 88.9 cm³/mol. The lowest BCUT2D eigenvalue weighted by atomic mass is 9.76. The molecule has 1 aromatic carbocycles. The zero-order chi connectivity index (χ0) is 14.0. The van der Waals surface area contributed by atoms with Gasteiger partial charge in [-0.1, -0.05) is 66.6 Å². The molecule has 2 N–H and O–H groups in total. The van der Waals surface area contributed by atoms with Crippen molar-refractivity contribution in [3.63, 3.8) is 0 Å². The Bertz CT molecular complexity index is 456. The average Bonchev–Trinajstić information content (AvgIpc) is 2.49. The molecule has 2 heteroatoms. The monoisotopic (exact) mass is 335 g/mol. The molecule has 0 heterocycles. The zero-order valence-electron chi connectivity index (χ0n) is 12.3. The first-order valence-electron chi connectivity index (χ1n) is 8.28. The van der Waals surface area contributed by atoms with Crippen LogP contribution in [0.2, 0.25) is 0 Å². The number of halogens is 1. The van der Waals surface area contributed by atoms with Gasteiger partial charge < -0.3 is 5.73 Å². The van der Waals surface area contributed by atoms with Crippen LogP contribution in [0.3, 0.4) is 0 Å². The average molecular weight is 336 g/mol. The van der Waals surface area contributed by atoms with Crippen molar-refractivity contribution in [3.8, 4) is 0 Å². The van der Waals surface area contributed by atoms with E-state index in [0.717, 1.165) is 18.8 Å². The maximum absolute atomic E-state index is 6.66. The molecule has 0 atom stereocenters. The van der Waals surface area contributed by atoms with Gasteiger partial charge in [0.1, 0.15) is 0 Å². The lowest BCUT2D eigenvalue weighted by Crippen LogP contribution is -2.38. The summed E-state index contributed by atoms with van der Waals surface area (Å²) in [5.74, 6) is 0.757. The minimum Gasteiger partial charge on any atom is -0.321 e. The van der Waals surface area contributed by atoms with Crippen LogP contribution >= 0.6 is 15.9 Å². The summed E-state index contributed by atoms with van der Waals surface area (Å²) in [5, 5.41) is 0. The van der Waals surface area contributed by atoms with Crippen molar-refractivity contribution in [1.29, 1.82) is 0 Å². The lowest BCUT2D eigenvalue weighted by molar-refractivity contribution is 0.302. The van der Waals surface area contributed by atoms with Crippen molar-refractivity contribution in [2.24, 2.45) is 5.73 Å². The van der Waals surface area contributed by atoms with Crippen LogP contribution in [0.5, 0.6) is 0 Å². The van der Waals surface area contributed by atoms with Gasteiger partial charge in [-0.05, 0) is 48.8 Å². The van der Waals surface area contributed by atoms with Gasteiger partial charge in [0.2, 0.25) is 0 Å². The maximum atomic E-state index is 6.66. The van der Waals surface area contributed by atoms with Crippen molar-refractivity contribution in [2.75, 3.05) is 0 Å². The summed E-state index contributed by atoms with van der Waals surface area (Å²) in [4.78, 5) is 0. The van der Waals surface area contributed by atoms with Crippen molar-refractivity contribution in [3.05, 3.63) is 33.8 Å². The van der Waals surface area contributed by atoms with E-state index < -0.39 is 0 Å². The number of hydrogen-bond acceptors (Lipinski definition) is 1. The molecule has 2 fully saturated rings. The van der Waals surface area contributed by atoms with E-state index in [2.05, 4.69) is 34.1 Å². The Morgan fingerprint density at radius 3 is 2.25 bits per heavy atom. The fourth-order valence-corrected chi connectivity index (χ4v) is 4.76. The Morgan fingerprint density at radius 1 is 0.950 bits per heavy atom. The minimum atomic E-state index is -0.0775. The third-order valence-corrected chi connectivity index (χ3v) is 6.05. The minimum absolute atomic E-state index is 0.0775. The highest BCUT2D eigenvalue weighted by Gasteiger charge is 2.30. The molecule has 0 spiro atoms. The van der Waals surface area contributed by atoms with Crippen LogP contribution in [0.15, 0.2) is 22.7 Å². The fourth-order valence-electron chi connectivity index (χ4n) is 4.05. The molecule has 0 bridgehead atoms. The highest BCUT2D eigenvalue weighted by Crippen LogP contribution is 2.40. The summed E-state index contributed by atoms with van der Waals surface area (Å²) in [6.07, 6.45) is 13.1. The van der Waals surface area contributed by atoms with E-state index in [1.807, 2.05) is 0 Å². The van der Waals surface area contributed by atoms with Gasteiger partial charge in [0.15, 0.2) is 0 Å². The zero-order valence-corrected chi connectivity index (χ0v) is 13.9. The quantitative estimate of drug-likeness (QED) is 0.746. The number of nitrogens with two attached hydrogens (primary N) is 1. The van der Waals surface area contributed by atoms with E-state index in [1.54, 1.807) is 0 Å². The Hall–Kier alpha value is -0.340. The summed E-state index contributed by atoms with van der Waals surface area (Å²) in [5.41, 5.74) is 9.42. The highest BCUT2D eigenvalue weighted by molar-refractivity contribution is 9.10. The summed E-state index contributed by atoms with van der Waals surface area (Å²) >= 11 is 3.82. The molecular formula is C18H26BrN. The van der Waals surface area contributed by atoms with Crippen molar-refractivity contribution in [1.82, 2.24) is 0 Å². The van der Waals surface area contributed by atoms with Gasteiger partial charge in [0, 0.05) is 10.0 Å². The first-order chi connectivity index (χ1) is 9.69. The van der Waals surface area contributed by atoms with E-state index >= 15 is 0 Å². The summed E-state index contributed by atoms with van der Waals surface area (Å²) < 4.78 is 1.29. The predicted octanol–water partition coefficient (Wildman–Crippen LogP) is 5.61. The maximum Gasteiger partial charge on any atom is 0.0410 e. The second-order valence-corrected chi connectivity index (χ2v) is 7.64. The SMILES string of the molecule is NC1(c2ccc(C3CCCCC3)c(Br)c2)CCCCC1. The molecule has 1 nitrogen and oxygen atoms in total. The van der Waals surface area contributed by atoms with Gasteiger partial charge in [0.05, 0.1) is 0 Å². The third-order valence-electron chi connectivity index (χ3n) is 5.37. The smallest absolute Gasteiger partial charge is 0.0410 e. The molecule has 2 saturated carbocycles. The van der Waals surface area contributed by atoms with E-state index in [4.69, 9.17) is 5.73 Å². The van der Waals surface area contributed by atoms with Crippen molar-refractivity contribution >= 4 is 15.9 Å². The summed E-state index contributed by atoms with van der Waals surface area (Å²) in [6.45, 7) is 0. The molecule has 0 amide bonds. The Morgan fingerprint density at radius 2 is 1.60 bits per heavy atom. The topological polar surface area (TPSA) is 26.0 Å². The van der Waals surface area contributed by atoms with Crippen LogP contribution in [0.4, 0.5) is 0 Å². The van der Waals surface area contributed by atoms with E-state index in [9.17, 15) is 0 Å². The van der Waals surface area contributed by atoms with Crippen LogP contribution in [-0.2, 0) is 5.54 Å². The summed E-state index contributed by atoms with van der Waals surface area (Å²) in [6, 6.07) is 6.97. The first-order valence-corrected chi connectivity index (χ1v) is 9.07. The largest absolute Gasteiger partial charge is 0.321 e. The fraction of sp³-hybridized carbons (Fsp3) is 0.667. The molecule has 2 aliphatic carbocycles. The van der Waals surface area contributed by atoms with Gasteiger partial charge in [-0.25, -0.2) is 0 Å². The van der Waals surface area contributed by atoms with Crippen LogP contribution in [0.1, 0.15) is 81.3 Å². The van der Waals surface area contributed by atoms with Gasteiger partial charge >= 0.3 is 0 Å². The van der Waals surface area contributed by atoms with E-state index in [-0.39, 0.29) is 5.54 Å². The molecule has 20 heavy (non-hydrogen) atoms. The molecule has 0 saturated heterocycles. The number of benzene rings is 1. The molecule has 0 radical (unpaired) electrons. The van der Waals surface area contributed by atoms with Crippen LogP contribution in [0.25, 0.3) is 0 Å². The molecule has 0 aliphatic heterocycles. The van der Waals surface area contributed by atoms with Crippen molar-refractivity contribution < 1.29 is 0 Å². The van der Waals surface area contributed by atoms with Crippen LogP contribution in [0, 0.1) is 0 Å². The molecule has 3 rings (SSSR count). The van der Waals surface area contributed by atoms with Gasteiger partial charge in [-0.2, -0.15) is 0 Å². The van der Waals surface area contributed by atoms with E-state index in [0.29, 0.717) is 0 Å². The van der Waals surface area contributed by atoms with Gasteiger partial charge in [0.25, 0.3) is 0 Å². The molecular weight excluding hydrogens is 310 g/mol. The molecule has 1 aromatic rings. The summed E-state index contributed by atoms with van der Waals surface area (Å²) in [7, 11) is 0. The molecule has 0 unspecified atom stereocenters. The second-order valence-electron chi connectivity index (χ2n) is 6.79. The normalized spacial score (nSPS) is 23.7. The first kappa shape index (κ1) is 14.6. The molecule has 110 valence electrons. The highest BCUT2D eigenvalue weighted by atomic mass is 79.9. The molecule has 0 aromatic heterocycles. The second kappa shape index (κ2) is 6.19. The van der Waals surface area contributed by atoms with Crippen molar-refractivity contribution in [2.45, 2.75) is 75.7 Å². The Labute approximate surface area is 131 Å². The van der Waals surface area contributed by atoms with Gasteiger partial charge in [-0.3, -0.25) is 0 Å². The Balaban J connectivity index is 1.83.